The lowest BCUT2D eigenvalue weighted by Crippen LogP contribution is -2.46. The van der Waals surface area contributed by atoms with Gasteiger partial charge in [0.1, 0.15) is 17.0 Å². The van der Waals surface area contributed by atoms with E-state index in [1.54, 1.807) is 0 Å². The van der Waals surface area contributed by atoms with Crippen molar-refractivity contribution in [1.82, 2.24) is 30.4 Å². The van der Waals surface area contributed by atoms with E-state index >= 15 is 0 Å². The summed E-state index contributed by atoms with van der Waals surface area (Å²) >= 11 is 0. The number of piperidine rings is 2. The number of rotatable bonds is 6. The Morgan fingerprint density at radius 2 is 1.49 bits per heavy atom. The van der Waals surface area contributed by atoms with Crippen LogP contribution in [0.1, 0.15) is 73.8 Å². The van der Waals surface area contributed by atoms with Crippen LogP contribution in [0.25, 0.3) is 11.0 Å². The number of carbonyl (C=O) groups is 1. The van der Waals surface area contributed by atoms with E-state index in [2.05, 4.69) is 30.4 Å². The van der Waals surface area contributed by atoms with Gasteiger partial charge in [0.05, 0.1) is 11.1 Å². The summed E-state index contributed by atoms with van der Waals surface area (Å²) in [7, 11) is 0. The number of pyridine rings is 2. The predicted octanol–water partition coefficient (Wildman–Crippen LogP) is 4.54. The first-order valence-electron chi connectivity index (χ1n) is 16.4. The van der Waals surface area contributed by atoms with Crippen LogP contribution >= 0.6 is 0 Å². The molecule has 2 aromatic rings. The average molecular weight is 602 g/mol. The summed E-state index contributed by atoms with van der Waals surface area (Å²) in [6, 6.07) is 4.08. The van der Waals surface area contributed by atoms with E-state index in [1.165, 1.54) is 57.6 Å². The van der Waals surface area contributed by atoms with E-state index in [1.807, 2.05) is 4.90 Å². The van der Waals surface area contributed by atoms with E-state index in [0.29, 0.717) is 18.9 Å². The molecule has 1 amide bonds. The molecule has 43 heavy (non-hydrogen) atoms. The van der Waals surface area contributed by atoms with Gasteiger partial charge >= 0.3 is 6.18 Å². The standard InChI is InChI=1S/C27H37F3N6O.C5H9N/c28-27(29,30)21-19-24(36-13-3-1-2-4-14-36)32-22-7-8-23(33-25(21)22)26(37)31-20-9-15-35(16-10-20)18-17-34-11-5-6-12-34;1-4-2-6-3-5(1)4/h7-8,19-20H,1-6,9-18H2,(H,31,37);4-6H,1-3H2. The van der Waals surface area contributed by atoms with Crippen molar-refractivity contribution in [3.63, 3.8) is 0 Å². The van der Waals surface area contributed by atoms with Gasteiger partial charge in [0.15, 0.2) is 0 Å². The molecule has 0 bridgehead atoms. The number of anilines is 1. The second-order valence-corrected chi connectivity index (χ2v) is 13.0. The van der Waals surface area contributed by atoms with Gasteiger partial charge in [-0.2, -0.15) is 13.2 Å². The van der Waals surface area contributed by atoms with E-state index in [0.717, 1.165) is 82.6 Å². The van der Waals surface area contributed by atoms with Crippen molar-refractivity contribution in [2.24, 2.45) is 11.8 Å². The van der Waals surface area contributed by atoms with Gasteiger partial charge in [-0.15, -0.1) is 0 Å². The summed E-state index contributed by atoms with van der Waals surface area (Å²) in [5.74, 6) is 2.11. The van der Waals surface area contributed by atoms with E-state index < -0.39 is 17.6 Å². The Morgan fingerprint density at radius 1 is 0.860 bits per heavy atom. The number of hydrogen-bond donors (Lipinski definition) is 2. The summed E-state index contributed by atoms with van der Waals surface area (Å²) in [5.41, 5.74) is -0.941. The number of amides is 1. The van der Waals surface area contributed by atoms with Gasteiger partial charge < -0.3 is 25.3 Å². The molecular weight excluding hydrogens is 555 g/mol. The SMILES string of the molecule is C1NCC2CC12.O=C(NC1CCN(CCN2CCCC2)CC1)c1ccc2nc(N3CCCCCC3)cc(C(F)(F)F)c2n1. The van der Waals surface area contributed by atoms with Gasteiger partial charge in [0.25, 0.3) is 5.91 Å². The highest BCUT2D eigenvalue weighted by atomic mass is 19.4. The van der Waals surface area contributed by atoms with Crippen LogP contribution < -0.4 is 15.5 Å². The zero-order chi connectivity index (χ0) is 29.8. The van der Waals surface area contributed by atoms with Crippen molar-refractivity contribution < 1.29 is 18.0 Å². The second kappa shape index (κ2) is 13.6. The number of nitrogens with one attached hydrogen (secondary N) is 2. The van der Waals surface area contributed by atoms with Crippen LogP contribution in [-0.2, 0) is 6.18 Å². The van der Waals surface area contributed by atoms with E-state index in [-0.39, 0.29) is 22.8 Å². The highest BCUT2D eigenvalue weighted by Gasteiger charge is 2.40. The first kappa shape index (κ1) is 30.5. The molecule has 1 saturated carbocycles. The van der Waals surface area contributed by atoms with Crippen LogP contribution in [0.2, 0.25) is 0 Å². The molecule has 7 rings (SSSR count). The highest BCUT2D eigenvalue weighted by molar-refractivity contribution is 5.95. The lowest BCUT2D eigenvalue weighted by molar-refractivity contribution is -0.136. The third-order valence-corrected chi connectivity index (χ3v) is 9.84. The Hall–Kier alpha value is -2.50. The van der Waals surface area contributed by atoms with Gasteiger partial charge in [-0.05, 0) is 101 Å². The smallest absolute Gasteiger partial charge is 0.357 e. The minimum atomic E-state index is -4.59. The number of alkyl halides is 3. The van der Waals surface area contributed by atoms with Crippen LogP contribution in [0, 0.1) is 11.8 Å². The van der Waals surface area contributed by atoms with Crippen LogP contribution in [0.5, 0.6) is 0 Å². The van der Waals surface area contributed by atoms with Gasteiger partial charge in [0, 0.05) is 45.3 Å². The normalized spacial score (nSPS) is 25.2. The van der Waals surface area contributed by atoms with E-state index in [4.69, 9.17) is 0 Å². The first-order valence-corrected chi connectivity index (χ1v) is 16.4. The van der Waals surface area contributed by atoms with Crippen molar-refractivity contribution in [3.8, 4) is 0 Å². The number of likely N-dealkylation sites (tertiary alicyclic amines) is 2. The minimum absolute atomic E-state index is 0.00112. The lowest BCUT2D eigenvalue weighted by Gasteiger charge is -2.33. The quantitative estimate of drug-likeness (QED) is 0.504. The Bertz CT molecular complexity index is 1230. The largest absolute Gasteiger partial charge is 0.418 e. The Balaban J connectivity index is 0.000000482. The monoisotopic (exact) mass is 601 g/mol. The Morgan fingerprint density at radius 3 is 2.07 bits per heavy atom. The second-order valence-electron chi connectivity index (χ2n) is 13.0. The summed E-state index contributed by atoms with van der Waals surface area (Å²) in [6.45, 7) is 10.3. The maximum absolute atomic E-state index is 14.1. The number of hydrogen-bond acceptors (Lipinski definition) is 7. The topological polar surface area (TPSA) is 76.6 Å². The summed E-state index contributed by atoms with van der Waals surface area (Å²) in [4.78, 5) is 28.5. The molecule has 236 valence electrons. The molecule has 8 nitrogen and oxygen atoms in total. The molecule has 0 spiro atoms. The van der Waals surface area contributed by atoms with E-state index in [9.17, 15) is 18.0 Å². The Kier molecular flexibility index (Phi) is 9.69. The van der Waals surface area contributed by atoms with Crippen LogP contribution in [0.4, 0.5) is 19.0 Å². The maximum atomic E-state index is 14.1. The van der Waals surface area contributed by atoms with Crippen molar-refractivity contribution in [2.75, 3.05) is 70.3 Å². The molecule has 5 aliphatic rings. The highest BCUT2D eigenvalue weighted by Crippen LogP contribution is 2.40. The fourth-order valence-electron chi connectivity index (χ4n) is 7.01. The number of halogens is 3. The molecule has 1 aliphatic carbocycles. The van der Waals surface area contributed by atoms with Crippen molar-refractivity contribution in [2.45, 2.75) is 70.0 Å². The maximum Gasteiger partial charge on any atom is 0.418 e. The number of nitrogens with zero attached hydrogens (tertiary/aromatic N) is 5. The van der Waals surface area contributed by atoms with Crippen molar-refractivity contribution >= 4 is 22.8 Å². The molecular formula is C32H46F3N7O. The van der Waals surface area contributed by atoms with Crippen molar-refractivity contribution in [3.05, 3.63) is 29.5 Å². The zero-order valence-electron chi connectivity index (χ0n) is 25.2. The minimum Gasteiger partial charge on any atom is -0.357 e. The molecule has 5 fully saturated rings. The zero-order valence-corrected chi connectivity index (χ0v) is 25.2. The van der Waals surface area contributed by atoms with Crippen LogP contribution in [-0.4, -0.2) is 97.2 Å². The lowest BCUT2D eigenvalue weighted by atomic mass is 10.0. The summed E-state index contributed by atoms with van der Waals surface area (Å²) in [6.07, 6.45) is 5.20. The fourth-order valence-corrected chi connectivity index (χ4v) is 7.01. The molecule has 2 atom stereocenters. The average Bonchev–Trinajstić information content (AvgIpc) is 3.40. The first-order chi connectivity index (χ1) is 20.8. The number of fused-ring (bicyclic) bond motifs is 2. The van der Waals surface area contributed by atoms with Gasteiger partial charge in [0.2, 0.25) is 0 Å². The summed E-state index contributed by atoms with van der Waals surface area (Å²) in [5, 5.41) is 6.32. The fraction of sp³-hybridized carbons (Fsp3) is 0.719. The van der Waals surface area contributed by atoms with Gasteiger partial charge in [-0.25, -0.2) is 9.97 Å². The molecule has 2 aromatic heterocycles. The van der Waals surface area contributed by atoms with Crippen molar-refractivity contribution in [1.29, 1.82) is 0 Å². The molecule has 2 N–H and O–H groups in total. The Labute approximate surface area is 252 Å². The molecule has 11 heteroatoms. The molecule has 2 unspecified atom stereocenters. The summed E-state index contributed by atoms with van der Waals surface area (Å²) < 4.78 is 42.2. The van der Waals surface area contributed by atoms with Crippen LogP contribution in [0.15, 0.2) is 18.2 Å². The third-order valence-electron chi connectivity index (χ3n) is 9.84. The third kappa shape index (κ3) is 7.97. The molecule has 4 saturated heterocycles. The number of carbonyl (C=O) groups excluding carboxylic acids is 1. The predicted molar refractivity (Wildman–Crippen MR) is 162 cm³/mol. The van der Waals surface area contributed by atoms with Crippen LogP contribution in [0.3, 0.4) is 0 Å². The van der Waals surface area contributed by atoms with Gasteiger partial charge in [-0.3, -0.25) is 4.79 Å². The number of aromatic nitrogens is 2. The molecule has 0 radical (unpaired) electrons. The molecule has 4 aliphatic heterocycles. The molecule has 6 heterocycles. The molecule has 0 aromatic carbocycles. The van der Waals surface area contributed by atoms with Gasteiger partial charge in [-0.1, -0.05) is 12.8 Å².